The molecule has 0 unspecified atom stereocenters. The number of amides is 2. The number of rotatable bonds is 5. The zero-order chi connectivity index (χ0) is 20.2. The van der Waals surface area contributed by atoms with Gasteiger partial charge in [-0.25, -0.2) is 18.4 Å². The number of nitrogens with two attached hydrogens (primary N) is 1. The Hall–Kier alpha value is -2.91. The number of carbonyl (C=O) groups is 2. The third-order valence-electron chi connectivity index (χ3n) is 3.89. The fraction of sp³-hybridized carbons (Fsp3) is 0.222. The van der Waals surface area contributed by atoms with Crippen molar-refractivity contribution in [2.24, 2.45) is 5.14 Å². The molecule has 0 bridgehead atoms. The van der Waals surface area contributed by atoms with E-state index in [1.54, 1.807) is 32.9 Å². The largest absolute Gasteiger partial charge is 0.450 e. The molecule has 0 atom stereocenters. The summed E-state index contributed by atoms with van der Waals surface area (Å²) in [6, 6.07) is 8.96. The van der Waals surface area contributed by atoms with Gasteiger partial charge < -0.3 is 10.1 Å². The van der Waals surface area contributed by atoms with Gasteiger partial charge >= 0.3 is 6.09 Å². The average molecular weight is 391 g/mol. The topological polar surface area (TPSA) is 128 Å². The van der Waals surface area contributed by atoms with E-state index in [1.165, 1.54) is 24.3 Å². The number of hydrogen-bond donors (Lipinski definition) is 3. The summed E-state index contributed by atoms with van der Waals surface area (Å²) in [5, 5.41) is 10.4. The van der Waals surface area contributed by atoms with E-state index in [0.29, 0.717) is 22.5 Å². The van der Waals surface area contributed by atoms with Crippen molar-refractivity contribution in [2.75, 3.05) is 17.2 Å². The Morgan fingerprint density at radius 2 is 1.70 bits per heavy atom. The van der Waals surface area contributed by atoms with Crippen LogP contribution in [0.5, 0.6) is 0 Å². The number of carbonyl (C=O) groups excluding carboxylic acids is 2. The second-order valence-corrected chi connectivity index (χ2v) is 7.40. The van der Waals surface area contributed by atoms with Crippen molar-refractivity contribution < 1.29 is 22.7 Å². The number of hydrogen-bond acceptors (Lipinski definition) is 5. The first kappa shape index (κ1) is 20.4. The van der Waals surface area contributed by atoms with Crippen molar-refractivity contribution in [1.29, 1.82) is 0 Å². The fourth-order valence-electron chi connectivity index (χ4n) is 2.30. The molecule has 144 valence electrons. The molecule has 0 saturated heterocycles. The van der Waals surface area contributed by atoms with Crippen molar-refractivity contribution >= 4 is 33.4 Å². The van der Waals surface area contributed by atoms with Crippen molar-refractivity contribution in [1.82, 2.24) is 0 Å². The van der Waals surface area contributed by atoms with Crippen molar-refractivity contribution in [2.45, 2.75) is 25.7 Å². The fourth-order valence-corrected chi connectivity index (χ4v) is 2.93. The third kappa shape index (κ3) is 5.28. The molecule has 2 rings (SSSR count). The quantitative estimate of drug-likeness (QED) is 0.722. The third-order valence-corrected chi connectivity index (χ3v) is 4.78. The molecule has 0 heterocycles. The normalized spacial score (nSPS) is 11.0. The minimum absolute atomic E-state index is 0.0742. The summed E-state index contributed by atoms with van der Waals surface area (Å²) in [5.74, 6) is -0.424. The Kier molecular flexibility index (Phi) is 6.19. The molecule has 0 radical (unpaired) electrons. The number of primary sulfonamides is 1. The SMILES string of the molecule is CCOC(=O)Nc1ccc(C(=O)Nc2cc(S(N)(=O)=O)cc(C)c2C)cc1. The Morgan fingerprint density at radius 3 is 2.26 bits per heavy atom. The smallest absolute Gasteiger partial charge is 0.411 e. The lowest BCUT2D eigenvalue weighted by Crippen LogP contribution is -2.17. The molecule has 2 aromatic rings. The summed E-state index contributed by atoms with van der Waals surface area (Å²) in [4.78, 5) is 23.8. The number of aryl methyl sites for hydroxylation is 1. The van der Waals surface area contributed by atoms with Crippen LogP contribution in [0.3, 0.4) is 0 Å². The summed E-state index contributed by atoms with van der Waals surface area (Å²) >= 11 is 0. The molecule has 0 aliphatic rings. The van der Waals surface area contributed by atoms with E-state index < -0.39 is 22.0 Å². The first-order chi connectivity index (χ1) is 12.6. The van der Waals surface area contributed by atoms with Gasteiger partial charge in [-0.3, -0.25) is 10.1 Å². The second-order valence-electron chi connectivity index (χ2n) is 5.83. The van der Waals surface area contributed by atoms with E-state index in [0.717, 1.165) is 5.56 Å². The van der Waals surface area contributed by atoms with Crippen LogP contribution in [0.15, 0.2) is 41.3 Å². The summed E-state index contributed by atoms with van der Waals surface area (Å²) < 4.78 is 28.0. The predicted molar refractivity (Wildman–Crippen MR) is 102 cm³/mol. The maximum atomic E-state index is 12.5. The molecule has 0 fully saturated rings. The van der Waals surface area contributed by atoms with E-state index in [4.69, 9.17) is 9.88 Å². The van der Waals surface area contributed by atoms with Crippen LogP contribution in [-0.4, -0.2) is 27.0 Å². The van der Waals surface area contributed by atoms with Crippen molar-refractivity contribution in [3.05, 3.63) is 53.1 Å². The first-order valence-electron chi connectivity index (χ1n) is 8.11. The maximum Gasteiger partial charge on any atom is 0.411 e. The Balaban J connectivity index is 2.20. The van der Waals surface area contributed by atoms with Gasteiger partial charge in [0, 0.05) is 16.9 Å². The van der Waals surface area contributed by atoms with Gasteiger partial charge in [-0.15, -0.1) is 0 Å². The highest BCUT2D eigenvalue weighted by atomic mass is 32.2. The van der Waals surface area contributed by atoms with Crippen LogP contribution < -0.4 is 15.8 Å². The van der Waals surface area contributed by atoms with Gasteiger partial charge in [-0.1, -0.05) is 0 Å². The van der Waals surface area contributed by atoms with Gasteiger partial charge in [-0.2, -0.15) is 0 Å². The van der Waals surface area contributed by atoms with Crippen LogP contribution in [0.1, 0.15) is 28.4 Å². The highest BCUT2D eigenvalue weighted by molar-refractivity contribution is 7.89. The van der Waals surface area contributed by atoms with Crippen molar-refractivity contribution in [3.8, 4) is 0 Å². The number of anilines is 2. The number of ether oxygens (including phenoxy) is 1. The number of sulfonamides is 1. The van der Waals surface area contributed by atoms with Crippen LogP contribution in [0.4, 0.5) is 16.2 Å². The van der Waals surface area contributed by atoms with E-state index in [-0.39, 0.29) is 11.5 Å². The van der Waals surface area contributed by atoms with E-state index in [9.17, 15) is 18.0 Å². The Labute approximate surface area is 157 Å². The van der Waals surface area contributed by atoms with Crippen LogP contribution in [-0.2, 0) is 14.8 Å². The average Bonchev–Trinajstić information content (AvgIpc) is 2.58. The molecular weight excluding hydrogens is 370 g/mol. The standard InChI is InChI=1S/C18H21N3O5S/c1-4-26-18(23)20-14-7-5-13(6-8-14)17(22)21-16-10-15(27(19,24)25)9-11(2)12(16)3/h5-10H,4H2,1-3H3,(H,20,23)(H,21,22)(H2,19,24,25). The zero-order valence-corrected chi connectivity index (χ0v) is 16.0. The molecule has 0 aliphatic carbocycles. The molecule has 4 N–H and O–H groups in total. The van der Waals surface area contributed by atoms with Crippen LogP contribution in [0.2, 0.25) is 0 Å². The summed E-state index contributed by atoms with van der Waals surface area (Å²) in [6.45, 7) is 5.45. The molecule has 8 nitrogen and oxygen atoms in total. The lowest BCUT2D eigenvalue weighted by Gasteiger charge is -2.13. The lowest BCUT2D eigenvalue weighted by molar-refractivity contribution is 0.102. The molecule has 9 heteroatoms. The zero-order valence-electron chi connectivity index (χ0n) is 15.2. The van der Waals surface area contributed by atoms with E-state index in [2.05, 4.69) is 10.6 Å². The first-order valence-corrected chi connectivity index (χ1v) is 9.65. The second kappa shape index (κ2) is 8.19. The van der Waals surface area contributed by atoms with Gasteiger partial charge in [0.25, 0.3) is 5.91 Å². The summed E-state index contributed by atoms with van der Waals surface area (Å²) in [7, 11) is -3.89. The maximum absolute atomic E-state index is 12.5. The number of benzene rings is 2. The highest BCUT2D eigenvalue weighted by Crippen LogP contribution is 2.24. The van der Waals surface area contributed by atoms with Crippen molar-refractivity contribution in [3.63, 3.8) is 0 Å². The minimum Gasteiger partial charge on any atom is -0.450 e. The van der Waals surface area contributed by atoms with Crippen LogP contribution >= 0.6 is 0 Å². The predicted octanol–water partition coefficient (Wildman–Crippen LogP) is 2.77. The van der Waals surface area contributed by atoms with Gasteiger partial charge in [0.05, 0.1) is 11.5 Å². The lowest BCUT2D eigenvalue weighted by atomic mass is 10.1. The molecule has 0 spiro atoms. The molecule has 27 heavy (non-hydrogen) atoms. The monoisotopic (exact) mass is 391 g/mol. The van der Waals surface area contributed by atoms with E-state index >= 15 is 0 Å². The molecular formula is C18H21N3O5S. The summed E-state index contributed by atoms with van der Waals surface area (Å²) in [6.07, 6.45) is -0.583. The van der Waals surface area contributed by atoms with Gasteiger partial charge in [0.2, 0.25) is 10.0 Å². The minimum atomic E-state index is -3.89. The molecule has 0 aliphatic heterocycles. The highest BCUT2D eigenvalue weighted by Gasteiger charge is 2.15. The van der Waals surface area contributed by atoms with Crippen LogP contribution in [0.25, 0.3) is 0 Å². The van der Waals surface area contributed by atoms with E-state index in [1.807, 2.05) is 0 Å². The van der Waals surface area contributed by atoms with Gasteiger partial charge in [-0.05, 0) is 68.3 Å². The summed E-state index contributed by atoms with van der Waals surface area (Å²) in [5.41, 5.74) is 2.59. The van der Waals surface area contributed by atoms with Gasteiger partial charge in [0.1, 0.15) is 0 Å². The van der Waals surface area contributed by atoms with Gasteiger partial charge in [0.15, 0.2) is 0 Å². The molecule has 0 saturated carbocycles. The number of nitrogens with one attached hydrogen (secondary N) is 2. The Bertz CT molecular complexity index is 969. The molecule has 2 aromatic carbocycles. The molecule has 2 amide bonds. The van der Waals surface area contributed by atoms with Crippen LogP contribution in [0, 0.1) is 13.8 Å². The molecule has 0 aromatic heterocycles. The Morgan fingerprint density at radius 1 is 1.07 bits per heavy atom.